The topological polar surface area (TPSA) is 73.7 Å². The molecule has 1 aromatic carbocycles. The number of rotatable bonds is 4. The molecule has 2 N–H and O–H groups in total. The number of aryl methyl sites for hydroxylation is 1. The molecule has 0 unspecified atom stereocenters. The molecule has 0 aliphatic heterocycles. The first-order valence-corrected chi connectivity index (χ1v) is 6.75. The maximum absolute atomic E-state index is 12.5. The van der Waals surface area contributed by atoms with Crippen LogP contribution in [0.3, 0.4) is 0 Å². The van der Waals surface area contributed by atoms with Crippen molar-refractivity contribution in [2.24, 2.45) is 0 Å². The molecule has 0 atom stereocenters. The zero-order valence-electron chi connectivity index (χ0n) is 12.1. The van der Waals surface area contributed by atoms with Crippen LogP contribution in [-0.4, -0.2) is 32.5 Å². The van der Waals surface area contributed by atoms with Crippen molar-refractivity contribution < 1.29 is 15.0 Å². The van der Waals surface area contributed by atoms with Gasteiger partial charge in [-0.2, -0.15) is 0 Å². The normalized spacial score (nSPS) is 10.4. The molecule has 2 aromatic rings. The van der Waals surface area contributed by atoms with E-state index in [1.165, 1.54) is 23.1 Å². The van der Waals surface area contributed by atoms with Gasteiger partial charge in [0.2, 0.25) is 0 Å². The van der Waals surface area contributed by atoms with E-state index in [0.717, 1.165) is 11.4 Å². The number of carbonyl (C=O) groups is 1. The van der Waals surface area contributed by atoms with E-state index in [1.54, 1.807) is 0 Å². The lowest BCUT2D eigenvalue weighted by Gasteiger charge is -2.21. The van der Waals surface area contributed by atoms with Crippen LogP contribution < -0.4 is 0 Å². The number of hydrogen-bond acceptors (Lipinski definition) is 4. The van der Waals surface area contributed by atoms with E-state index in [1.807, 2.05) is 32.0 Å². The minimum Gasteiger partial charge on any atom is -0.507 e. The molecule has 0 spiro atoms. The van der Waals surface area contributed by atoms with Crippen molar-refractivity contribution in [1.82, 2.24) is 9.88 Å². The molecule has 5 heteroatoms. The summed E-state index contributed by atoms with van der Waals surface area (Å²) in [5.41, 5.74) is 1.56. The Labute approximate surface area is 123 Å². The molecule has 0 aliphatic carbocycles. The van der Waals surface area contributed by atoms with Crippen LogP contribution in [0.4, 0.5) is 0 Å². The maximum Gasteiger partial charge on any atom is 0.261 e. The highest BCUT2D eigenvalue weighted by Crippen LogP contribution is 2.28. The van der Waals surface area contributed by atoms with Gasteiger partial charge < -0.3 is 15.1 Å². The first kappa shape index (κ1) is 14.8. The summed E-state index contributed by atoms with van der Waals surface area (Å²) in [6, 6.07) is 9.86. The van der Waals surface area contributed by atoms with E-state index in [4.69, 9.17) is 0 Å². The zero-order chi connectivity index (χ0) is 15.4. The molecule has 21 heavy (non-hydrogen) atoms. The van der Waals surface area contributed by atoms with Gasteiger partial charge in [-0.05, 0) is 38.1 Å². The Hall–Kier alpha value is -2.56. The Balaban J connectivity index is 2.27. The summed E-state index contributed by atoms with van der Waals surface area (Å²) >= 11 is 0. The number of phenols is 2. The van der Waals surface area contributed by atoms with Crippen LogP contribution in [0, 0.1) is 6.92 Å². The minimum atomic E-state index is -0.420. The summed E-state index contributed by atoms with van der Waals surface area (Å²) in [7, 11) is 0. The molecular weight excluding hydrogens is 268 g/mol. The number of phenolic OH excluding ortho intramolecular Hbond substituents is 2. The SMILES string of the molecule is CCN(Cc1cccc(C)n1)C(=O)c1c(O)cccc1O. The van der Waals surface area contributed by atoms with Crippen LogP contribution in [0.1, 0.15) is 28.7 Å². The molecule has 0 saturated heterocycles. The molecule has 0 aliphatic rings. The zero-order valence-corrected chi connectivity index (χ0v) is 12.1. The average molecular weight is 286 g/mol. The van der Waals surface area contributed by atoms with Gasteiger partial charge in [0.05, 0.1) is 12.2 Å². The average Bonchev–Trinajstić information content (AvgIpc) is 2.44. The van der Waals surface area contributed by atoms with Crippen molar-refractivity contribution in [2.45, 2.75) is 20.4 Å². The standard InChI is InChI=1S/C16H18N2O3/c1-3-18(10-12-7-4-6-11(2)17-12)16(21)15-13(19)8-5-9-14(15)20/h4-9,19-20H,3,10H2,1-2H3. The summed E-state index contributed by atoms with van der Waals surface area (Å²) in [5, 5.41) is 19.6. The Bertz CT molecular complexity index is 635. The lowest BCUT2D eigenvalue weighted by molar-refractivity contribution is 0.0744. The summed E-state index contributed by atoms with van der Waals surface area (Å²) in [6.45, 7) is 4.49. The van der Waals surface area contributed by atoms with Crippen LogP contribution in [-0.2, 0) is 6.54 Å². The molecule has 0 fully saturated rings. The van der Waals surface area contributed by atoms with E-state index in [9.17, 15) is 15.0 Å². The Kier molecular flexibility index (Phi) is 4.42. The second kappa shape index (κ2) is 6.26. The quantitative estimate of drug-likeness (QED) is 0.905. The van der Waals surface area contributed by atoms with Gasteiger partial charge in [-0.15, -0.1) is 0 Å². The second-order valence-electron chi connectivity index (χ2n) is 4.76. The van der Waals surface area contributed by atoms with Crippen molar-refractivity contribution in [3.05, 3.63) is 53.3 Å². The molecule has 0 bridgehead atoms. The minimum absolute atomic E-state index is 0.0768. The third-order valence-electron chi connectivity index (χ3n) is 3.20. The van der Waals surface area contributed by atoms with Crippen molar-refractivity contribution in [3.8, 4) is 11.5 Å². The predicted molar refractivity (Wildman–Crippen MR) is 79.2 cm³/mol. The van der Waals surface area contributed by atoms with Crippen molar-refractivity contribution in [2.75, 3.05) is 6.54 Å². The van der Waals surface area contributed by atoms with Gasteiger partial charge in [0.15, 0.2) is 0 Å². The summed E-state index contributed by atoms with van der Waals surface area (Å²) in [4.78, 5) is 18.4. The van der Waals surface area contributed by atoms with Gasteiger partial charge in [0, 0.05) is 12.2 Å². The van der Waals surface area contributed by atoms with Gasteiger partial charge in [-0.1, -0.05) is 12.1 Å². The van der Waals surface area contributed by atoms with Gasteiger partial charge in [0.25, 0.3) is 5.91 Å². The van der Waals surface area contributed by atoms with Crippen LogP contribution in [0.2, 0.25) is 0 Å². The van der Waals surface area contributed by atoms with Crippen LogP contribution in [0.5, 0.6) is 11.5 Å². The molecule has 0 radical (unpaired) electrons. The molecule has 1 aromatic heterocycles. The fourth-order valence-electron chi connectivity index (χ4n) is 2.12. The van der Waals surface area contributed by atoms with Gasteiger partial charge in [-0.25, -0.2) is 0 Å². The summed E-state index contributed by atoms with van der Waals surface area (Å²) < 4.78 is 0. The molecular formula is C16H18N2O3. The molecule has 1 amide bonds. The Morgan fingerprint density at radius 1 is 1.14 bits per heavy atom. The largest absolute Gasteiger partial charge is 0.507 e. The number of aromatic hydroxyl groups is 2. The smallest absolute Gasteiger partial charge is 0.261 e. The number of amides is 1. The number of pyridine rings is 1. The van der Waals surface area contributed by atoms with Crippen molar-refractivity contribution in [3.63, 3.8) is 0 Å². The second-order valence-corrected chi connectivity index (χ2v) is 4.76. The third-order valence-corrected chi connectivity index (χ3v) is 3.20. The highest BCUT2D eigenvalue weighted by Gasteiger charge is 2.21. The van der Waals surface area contributed by atoms with Gasteiger partial charge >= 0.3 is 0 Å². The lowest BCUT2D eigenvalue weighted by atomic mass is 10.1. The predicted octanol–water partition coefficient (Wildman–Crippen LogP) is 2.46. The number of nitrogens with zero attached hydrogens (tertiary/aromatic N) is 2. The van der Waals surface area contributed by atoms with Gasteiger partial charge in [-0.3, -0.25) is 9.78 Å². The first-order chi connectivity index (χ1) is 10.0. The molecule has 1 heterocycles. The molecule has 2 rings (SSSR count). The highest BCUT2D eigenvalue weighted by molar-refractivity contribution is 5.99. The fourth-order valence-corrected chi connectivity index (χ4v) is 2.12. The van der Waals surface area contributed by atoms with E-state index in [2.05, 4.69) is 4.98 Å². The van der Waals surface area contributed by atoms with E-state index >= 15 is 0 Å². The van der Waals surface area contributed by atoms with E-state index < -0.39 is 5.91 Å². The highest BCUT2D eigenvalue weighted by atomic mass is 16.3. The number of aromatic nitrogens is 1. The van der Waals surface area contributed by atoms with Crippen LogP contribution in [0.25, 0.3) is 0 Å². The van der Waals surface area contributed by atoms with E-state index in [0.29, 0.717) is 13.1 Å². The first-order valence-electron chi connectivity index (χ1n) is 6.75. The monoisotopic (exact) mass is 286 g/mol. The van der Waals surface area contributed by atoms with Crippen LogP contribution in [0.15, 0.2) is 36.4 Å². The Morgan fingerprint density at radius 2 is 1.76 bits per heavy atom. The molecule has 5 nitrogen and oxygen atoms in total. The summed E-state index contributed by atoms with van der Waals surface area (Å²) in [6.07, 6.45) is 0. The van der Waals surface area contributed by atoms with Crippen LogP contribution >= 0.6 is 0 Å². The molecule has 0 saturated carbocycles. The molecule has 110 valence electrons. The number of benzene rings is 1. The third kappa shape index (κ3) is 3.31. The summed E-state index contributed by atoms with van der Waals surface area (Å²) in [5.74, 6) is -0.872. The number of carbonyl (C=O) groups excluding carboxylic acids is 1. The van der Waals surface area contributed by atoms with Gasteiger partial charge in [0.1, 0.15) is 17.1 Å². The maximum atomic E-state index is 12.5. The fraction of sp³-hybridized carbons (Fsp3) is 0.250. The lowest BCUT2D eigenvalue weighted by Crippen LogP contribution is -2.30. The number of hydrogen-bond donors (Lipinski definition) is 2. The van der Waals surface area contributed by atoms with Crippen molar-refractivity contribution in [1.29, 1.82) is 0 Å². The van der Waals surface area contributed by atoms with E-state index in [-0.39, 0.29) is 17.1 Å². The Morgan fingerprint density at radius 3 is 2.33 bits per heavy atom. The van der Waals surface area contributed by atoms with Crippen molar-refractivity contribution >= 4 is 5.91 Å².